The maximum absolute atomic E-state index is 13.6. The van der Waals surface area contributed by atoms with Gasteiger partial charge in [-0.3, -0.25) is 4.79 Å². The quantitative estimate of drug-likeness (QED) is 0.376. The molecule has 1 heterocycles. The van der Waals surface area contributed by atoms with Crippen molar-refractivity contribution in [3.63, 3.8) is 0 Å². The zero-order chi connectivity index (χ0) is 28.4. The zero-order valence-electron chi connectivity index (χ0n) is 21.7. The van der Waals surface area contributed by atoms with Crippen LogP contribution in [0.2, 0.25) is 5.02 Å². The predicted molar refractivity (Wildman–Crippen MR) is 135 cm³/mol. The second kappa shape index (κ2) is 11.0. The van der Waals surface area contributed by atoms with Crippen molar-refractivity contribution in [2.75, 3.05) is 7.11 Å². The molecule has 0 saturated heterocycles. The maximum Gasteiger partial charge on any atom is 0.417 e. The lowest BCUT2D eigenvalue weighted by Crippen LogP contribution is -2.45. The van der Waals surface area contributed by atoms with Crippen LogP contribution in [0.4, 0.5) is 13.2 Å². The van der Waals surface area contributed by atoms with Gasteiger partial charge in [-0.1, -0.05) is 43.6 Å². The van der Waals surface area contributed by atoms with E-state index >= 15 is 0 Å². The van der Waals surface area contributed by atoms with Crippen LogP contribution in [0.15, 0.2) is 42.5 Å². The van der Waals surface area contributed by atoms with Crippen LogP contribution >= 0.6 is 11.6 Å². The van der Waals surface area contributed by atoms with Crippen molar-refractivity contribution in [3.8, 4) is 17.1 Å². The van der Waals surface area contributed by atoms with Gasteiger partial charge in [0.2, 0.25) is 0 Å². The highest BCUT2D eigenvalue weighted by Crippen LogP contribution is 2.38. The van der Waals surface area contributed by atoms with Gasteiger partial charge >= 0.3 is 12.1 Å². The molecule has 0 radical (unpaired) electrons. The minimum atomic E-state index is -4.58. The van der Waals surface area contributed by atoms with Crippen molar-refractivity contribution in [2.45, 2.75) is 45.5 Å². The molecule has 0 bridgehead atoms. The van der Waals surface area contributed by atoms with Crippen LogP contribution in [0.5, 0.6) is 5.75 Å². The Kier molecular flexibility index (Phi) is 8.40. The molecule has 1 aromatic heterocycles. The number of methoxy groups -OCH3 is 1. The highest BCUT2D eigenvalue weighted by atomic mass is 35.5. The number of carbonyl (C=O) groups is 2. The minimum Gasteiger partial charge on any atom is -0.479 e. The third-order valence-corrected chi connectivity index (χ3v) is 6.08. The largest absolute Gasteiger partial charge is 0.479 e. The number of nitrogens with zero attached hydrogens (tertiary/aromatic N) is 3. The zero-order valence-corrected chi connectivity index (χ0v) is 22.4. The molecule has 1 atom stereocenters. The second-order valence-electron chi connectivity index (χ2n) is 9.42. The molecule has 0 fully saturated rings. The van der Waals surface area contributed by atoms with E-state index in [0.717, 1.165) is 6.07 Å². The topological polar surface area (TPSA) is 95.3 Å². The first kappa shape index (κ1) is 29.0. The molecule has 8 nitrogen and oxygen atoms in total. The number of aromatic nitrogens is 3. The van der Waals surface area contributed by atoms with E-state index in [1.54, 1.807) is 27.7 Å². The van der Waals surface area contributed by atoms with Crippen LogP contribution in [0.3, 0.4) is 0 Å². The molecule has 0 aliphatic carbocycles. The number of amides is 1. The molecule has 0 unspecified atom stereocenters. The number of nitrogens with one attached hydrogen (secondary N) is 1. The van der Waals surface area contributed by atoms with Crippen LogP contribution in [0.1, 0.15) is 49.4 Å². The molecule has 3 rings (SSSR count). The summed E-state index contributed by atoms with van der Waals surface area (Å²) in [6, 6.07) is 8.55. The summed E-state index contributed by atoms with van der Waals surface area (Å²) in [5.41, 5.74) is -2.19. The highest BCUT2D eigenvalue weighted by Gasteiger charge is 2.37. The lowest BCUT2D eigenvalue weighted by molar-refractivity contribution is -0.144. The van der Waals surface area contributed by atoms with Crippen molar-refractivity contribution in [1.29, 1.82) is 0 Å². The monoisotopic (exact) mass is 552 g/mol. The van der Waals surface area contributed by atoms with Gasteiger partial charge in [-0.15, -0.1) is 10.2 Å². The van der Waals surface area contributed by atoms with Crippen LogP contribution < -0.4 is 10.1 Å². The fraction of sp³-hybridized carbons (Fsp3) is 0.385. The number of hydrogen-bond acceptors (Lipinski definition) is 6. The Bertz CT molecular complexity index is 1340. The SMILES string of the molecule is COC(=O)[C@@H](NC(=O)c1cc(Cl)ccc1OC(C)(C)c1nnc(-c2ccccc2C(F)(F)F)n1C)C(C)C. The molecular formula is C26H28ClF3N4O4. The fourth-order valence-electron chi connectivity index (χ4n) is 3.95. The lowest BCUT2D eigenvalue weighted by atomic mass is 10.0. The standard InChI is InChI=1S/C26H28ClF3N4O4/c1-14(2)20(23(36)37-6)31-22(35)17-13-15(27)11-12-19(17)38-25(3,4)24-33-32-21(34(24)5)16-9-7-8-10-18(16)26(28,29)30/h7-14,20H,1-6H3,(H,31,35)/t20-/m0/s1. The van der Waals surface area contributed by atoms with Crippen LogP contribution in [-0.2, 0) is 28.4 Å². The van der Waals surface area contributed by atoms with Gasteiger partial charge in [0.25, 0.3) is 5.91 Å². The normalized spacial score (nSPS) is 12.8. The number of alkyl halides is 3. The number of benzene rings is 2. The van der Waals surface area contributed by atoms with Gasteiger partial charge in [0.1, 0.15) is 11.8 Å². The Morgan fingerprint density at radius 1 is 1.08 bits per heavy atom. The summed E-state index contributed by atoms with van der Waals surface area (Å²) in [5.74, 6) is -1.17. The van der Waals surface area contributed by atoms with Gasteiger partial charge < -0.3 is 19.4 Å². The summed E-state index contributed by atoms with van der Waals surface area (Å²) >= 11 is 6.14. The fourth-order valence-corrected chi connectivity index (χ4v) is 4.12. The summed E-state index contributed by atoms with van der Waals surface area (Å²) in [5, 5.41) is 11.0. The van der Waals surface area contributed by atoms with E-state index in [2.05, 4.69) is 15.5 Å². The number of rotatable bonds is 8. The first-order valence-electron chi connectivity index (χ1n) is 11.6. The number of ether oxygens (including phenoxy) is 2. The number of hydrogen-bond donors (Lipinski definition) is 1. The van der Waals surface area contributed by atoms with Crippen molar-refractivity contribution in [3.05, 3.63) is 64.4 Å². The predicted octanol–water partition coefficient (Wildman–Crippen LogP) is 5.40. The maximum atomic E-state index is 13.6. The van der Waals surface area contributed by atoms with Gasteiger partial charge in [-0.25, -0.2) is 4.79 Å². The van der Waals surface area contributed by atoms with Crippen LogP contribution in [0.25, 0.3) is 11.4 Å². The Morgan fingerprint density at radius 2 is 1.74 bits per heavy atom. The van der Waals surface area contributed by atoms with Gasteiger partial charge in [0.15, 0.2) is 17.2 Å². The Balaban J connectivity index is 1.98. The van der Waals surface area contributed by atoms with E-state index in [9.17, 15) is 22.8 Å². The molecule has 12 heteroatoms. The van der Waals surface area contributed by atoms with E-state index in [1.807, 2.05) is 0 Å². The molecule has 1 amide bonds. The molecule has 0 aliphatic heterocycles. The third kappa shape index (κ3) is 6.09. The second-order valence-corrected chi connectivity index (χ2v) is 9.86. The Hall–Kier alpha value is -3.60. The molecule has 1 N–H and O–H groups in total. The Morgan fingerprint density at radius 3 is 2.34 bits per heavy atom. The van der Waals surface area contributed by atoms with Crippen molar-refractivity contribution < 1.29 is 32.2 Å². The molecule has 38 heavy (non-hydrogen) atoms. The van der Waals surface area contributed by atoms with Gasteiger partial charge in [-0.2, -0.15) is 13.2 Å². The molecule has 2 aromatic carbocycles. The summed E-state index contributed by atoms with van der Waals surface area (Å²) in [6.45, 7) is 6.78. The van der Waals surface area contributed by atoms with Crippen LogP contribution in [-0.4, -0.2) is 39.8 Å². The number of esters is 1. The van der Waals surface area contributed by atoms with E-state index in [1.165, 1.54) is 55.1 Å². The summed E-state index contributed by atoms with van der Waals surface area (Å²) in [4.78, 5) is 25.3. The smallest absolute Gasteiger partial charge is 0.417 e. The average Bonchev–Trinajstić information content (AvgIpc) is 3.24. The molecule has 3 aromatic rings. The minimum absolute atomic E-state index is 0.00322. The summed E-state index contributed by atoms with van der Waals surface area (Å²) in [6.07, 6.45) is -4.58. The summed E-state index contributed by atoms with van der Waals surface area (Å²) < 4.78 is 53.2. The van der Waals surface area contributed by atoms with E-state index in [0.29, 0.717) is 0 Å². The Labute approximate surface area is 223 Å². The van der Waals surface area contributed by atoms with Crippen molar-refractivity contribution in [1.82, 2.24) is 20.1 Å². The number of carbonyl (C=O) groups excluding carboxylic acids is 2. The van der Waals surface area contributed by atoms with Gasteiger partial charge in [0, 0.05) is 17.6 Å². The highest BCUT2D eigenvalue weighted by molar-refractivity contribution is 6.31. The lowest BCUT2D eigenvalue weighted by Gasteiger charge is -2.27. The molecule has 0 spiro atoms. The van der Waals surface area contributed by atoms with E-state index in [4.69, 9.17) is 21.1 Å². The van der Waals surface area contributed by atoms with Gasteiger partial charge in [-0.05, 0) is 44.0 Å². The van der Waals surface area contributed by atoms with Gasteiger partial charge in [0.05, 0.1) is 18.2 Å². The molecule has 0 saturated carbocycles. The molecular weight excluding hydrogens is 525 g/mol. The summed E-state index contributed by atoms with van der Waals surface area (Å²) in [7, 11) is 2.75. The average molecular weight is 553 g/mol. The van der Waals surface area contributed by atoms with Crippen LogP contribution in [0, 0.1) is 5.92 Å². The third-order valence-electron chi connectivity index (χ3n) is 5.85. The molecule has 0 aliphatic rings. The first-order valence-corrected chi connectivity index (χ1v) is 12.0. The van der Waals surface area contributed by atoms with E-state index < -0.39 is 35.3 Å². The number of halogens is 4. The first-order chi connectivity index (χ1) is 17.7. The van der Waals surface area contributed by atoms with E-state index in [-0.39, 0.29) is 39.5 Å². The molecule has 204 valence electrons. The van der Waals surface area contributed by atoms with Crippen molar-refractivity contribution >= 4 is 23.5 Å². The van der Waals surface area contributed by atoms with Crippen molar-refractivity contribution in [2.24, 2.45) is 13.0 Å².